The zero-order valence-electron chi connectivity index (χ0n) is 11.4. The standard InChI is InChI=1S/C15H19N3O2/c16-12-5-7-18(8-6-12)15(20)11-1-3-13-10(9-11)2-4-14(19)17-13/h1,3,9,12H,2,4-8,16H2,(H,17,19). The van der Waals surface area contributed by atoms with Crippen LogP contribution in [-0.2, 0) is 11.2 Å². The van der Waals surface area contributed by atoms with Gasteiger partial charge in [0.2, 0.25) is 5.91 Å². The molecule has 0 aliphatic carbocycles. The Kier molecular flexibility index (Phi) is 3.44. The van der Waals surface area contributed by atoms with Gasteiger partial charge in [0.1, 0.15) is 0 Å². The summed E-state index contributed by atoms with van der Waals surface area (Å²) in [6.07, 6.45) is 2.93. The molecule has 5 heteroatoms. The minimum absolute atomic E-state index is 0.0431. The number of nitrogens with one attached hydrogen (secondary N) is 1. The Morgan fingerprint density at radius 3 is 2.75 bits per heavy atom. The average Bonchev–Trinajstić information content (AvgIpc) is 2.47. The average molecular weight is 273 g/mol. The monoisotopic (exact) mass is 273 g/mol. The largest absolute Gasteiger partial charge is 0.339 e. The highest BCUT2D eigenvalue weighted by Crippen LogP contribution is 2.24. The van der Waals surface area contributed by atoms with Gasteiger partial charge in [-0.3, -0.25) is 9.59 Å². The van der Waals surface area contributed by atoms with Crippen LogP contribution in [-0.4, -0.2) is 35.8 Å². The molecule has 2 amide bonds. The van der Waals surface area contributed by atoms with E-state index in [1.54, 1.807) is 6.07 Å². The zero-order valence-corrected chi connectivity index (χ0v) is 11.4. The van der Waals surface area contributed by atoms with Gasteiger partial charge in [-0.2, -0.15) is 0 Å². The van der Waals surface area contributed by atoms with Crippen LogP contribution in [0, 0.1) is 0 Å². The molecule has 0 saturated carbocycles. The number of hydrogen-bond acceptors (Lipinski definition) is 3. The first kappa shape index (κ1) is 13.1. The van der Waals surface area contributed by atoms with Gasteiger partial charge < -0.3 is 16.0 Å². The molecule has 3 N–H and O–H groups in total. The number of anilines is 1. The van der Waals surface area contributed by atoms with E-state index in [0.717, 1.165) is 37.2 Å². The normalized spacial score (nSPS) is 19.4. The number of piperidine rings is 1. The van der Waals surface area contributed by atoms with Crippen molar-refractivity contribution in [2.24, 2.45) is 5.73 Å². The quantitative estimate of drug-likeness (QED) is 0.805. The molecule has 1 aromatic rings. The van der Waals surface area contributed by atoms with Crippen LogP contribution >= 0.6 is 0 Å². The number of hydrogen-bond donors (Lipinski definition) is 2. The number of fused-ring (bicyclic) bond motifs is 1. The number of rotatable bonds is 1. The highest BCUT2D eigenvalue weighted by Gasteiger charge is 2.23. The van der Waals surface area contributed by atoms with Crippen LogP contribution in [0.5, 0.6) is 0 Å². The summed E-state index contributed by atoms with van der Waals surface area (Å²) in [7, 11) is 0. The fraction of sp³-hybridized carbons (Fsp3) is 0.467. The first-order chi connectivity index (χ1) is 9.63. The predicted molar refractivity (Wildman–Crippen MR) is 76.5 cm³/mol. The van der Waals surface area contributed by atoms with E-state index in [0.29, 0.717) is 18.4 Å². The molecule has 0 atom stereocenters. The Bertz CT molecular complexity index is 548. The number of nitrogens with two attached hydrogens (primary N) is 1. The summed E-state index contributed by atoms with van der Waals surface area (Å²) < 4.78 is 0. The number of nitrogens with zero attached hydrogens (tertiary/aromatic N) is 1. The lowest BCUT2D eigenvalue weighted by Gasteiger charge is -2.30. The van der Waals surface area contributed by atoms with Crippen molar-refractivity contribution in [1.82, 2.24) is 4.90 Å². The Hall–Kier alpha value is -1.88. The van der Waals surface area contributed by atoms with Crippen LogP contribution in [0.2, 0.25) is 0 Å². The van der Waals surface area contributed by atoms with E-state index in [1.165, 1.54) is 0 Å². The molecule has 2 aliphatic heterocycles. The van der Waals surface area contributed by atoms with Crippen molar-refractivity contribution < 1.29 is 9.59 Å². The molecule has 1 saturated heterocycles. The predicted octanol–water partition coefficient (Wildman–Crippen LogP) is 1.13. The molecule has 0 unspecified atom stereocenters. The van der Waals surface area contributed by atoms with E-state index >= 15 is 0 Å². The summed E-state index contributed by atoms with van der Waals surface area (Å²) in [5.41, 5.74) is 8.44. The molecule has 0 bridgehead atoms. The Labute approximate surface area is 118 Å². The van der Waals surface area contributed by atoms with E-state index < -0.39 is 0 Å². The van der Waals surface area contributed by atoms with Gasteiger partial charge in [0.05, 0.1) is 0 Å². The molecule has 0 radical (unpaired) electrons. The minimum atomic E-state index is 0.0431. The maximum atomic E-state index is 12.5. The SMILES string of the molecule is NC1CCN(C(=O)c2ccc3c(c2)CCC(=O)N3)CC1. The fourth-order valence-electron chi connectivity index (χ4n) is 2.80. The minimum Gasteiger partial charge on any atom is -0.339 e. The van der Waals surface area contributed by atoms with Gasteiger partial charge in [0.15, 0.2) is 0 Å². The molecule has 3 rings (SSSR count). The molecule has 5 nitrogen and oxygen atoms in total. The molecule has 2 heterocycles. The lowest BCUT2D eigenvalue weighted by Crippen LogP contribution is -2.42. The van der Waals surface area contributed by atoms with Gasteiger partial charge >= 0.3 is 0 Å². The second-order valence-electron chi connectivity index (χ2n) is 5.55. The number of likely N-dealkylation sites (tertiary alicyclic amines) is 1. The molecule has 1 fully saturated rings. The topological polar surface area (TPSA) is 75.4 Å². The van der Waals surface area contributed by atoms with E-state index in [-0.39, 0.29) is 17.9 Å². The summed E-state index contributed by atoms with van der Waals surface area (Å²) >= 11 is 0. The summed E-state index contributed by atoms with van der Waals surface area (Å²) in [6, 6.07) is 5.75. The van der Waals surface area contributed by atoms with Crippen molar-refractivity contribution in [3.05, 3.63) is 29.3 Å². The van der Waals surface area contributed by atoms with E-state index in [4.69, 9.17) is 5.73 Å². The van der Waals surface area contributed by atoms with Crippen LogP contribution in [0.3, 0.4) is 0 Å². The Morgan fingerprint density at radius 2 is 2.00 bits per heavy atom. The van der Waals surface area contributed by atoms with Crippen molar-refractivity contribution in [2.75, 3.05) is 18.4 Å². The third-order valence-electron chi connectivity index (χ3n) is 4.07. The molecule has 20 heavy (non-hydrogen) atoms. The number of amides is 2. The first-order valence-corrected chi connectivity index (χ1v) is 7.11. The lowest BCUT2D eigenvalue weighted by molar-refractivity contribution is -0.116. The summed E-state index contributed by atoms with van der Waals surface area (Å²) in [6.45, 7) is 1.46. The summed E-state index contributed by atoms with van der Waals surface area (Å²) in [5, 5.41) is 2.83. The smallest absolute Gasteiger partial charge is 0.253 e. The van der Waals surface area contributed by atoms with Crippen LogP contribution in [0.15, 0.2) is 18.2 Å². The van der Waals surface area contributed by atoms with E-state index in [9.17, 15) is 9.59 Å². The van der Waals surface area contributed by atoms with Crippen molar-refractivity contribution in [2.45, 2.75) is 31.7 Å². The summed E-state index contributed by atoms with van der Waals surface area (Å²) in [5.74, 6) is 0.109. The third kappa shape index (κ3) is 2.54. The van der Waals surface area contributed by atoms with Crippen molar-refractivity contribution >= 4 is 17.5 Å². The second kappa shape index (κ2) is 5.25. The maximum absolute atomic E-state index is 12.5. The van der Waals surface area contributed by atoms with Gasteiger partial charge in [-0.1, -0.05) is 0 Å². The number of carbonyl (C=O) groups excluding carboxylic acids is 2. The molecular formula is C15H19N3O2. The van der Waals surface area contributed by atoms with Crippen LogP contribution in [0.1, 0.15) is 35.2 Å². The van der Waals surface area contributed by atoms with E-state index in [1.807, 2.05) is 17.0 Å². The first-order valence-electron chi connectivity index (χ1n) is 7.11. The number of benzene rings is 1. The molecule has 106 valence electrons. The van der Waals surface area contributed by atoms with Crippen LogP contribution in [0.25, 0.3) is 0 Å². The molecule has 0 aromatic heterocycles. The van der Waals surface area contributed by atoms with Crippen molar-refractivity contribution in [3.63, 3.8) is 0 Å². The summed E-state index contributed by atoms with van der Waals surface area (Å²) in [4.78, 5) is 25.6. The van der Waals surface area contributed by atoms with Crippen LogP contribution < -0.4 is 11.1 Å². The highest BCUT2D eigenvalue weighted by molar-refractivity contribution is 5.98. The fourth-order valence-corrected chi connectivity index (χ4v) is 2.80. The van der Waals surface area contributed by atoms with Gasteiger partial charge in [-0.05, 0) is 43.0 Å². The van der Waals surface area contributed by atoms with Crippen molar-refractivity contribution in [3.8, 4) is 0 Å². The number of aryl methyl sites for hydroxylation is 1. The molecule has 1 aromatic carbocycles. The second-order valence-corrected chi connectivity index (χ2v) is 5.55. The van der Waals surface area contributed by atoms with Gasteiger partial charge in [0, 0.05) is 36.8 Å². The Morgan fingerprint density at radius 1 is 1.25 bits per heavy atom. The van der Waals surface area contributed by atoms with Gasteiger partial charge in [-0.15, -0.1) is 0 Å². The highest BCUT2D eigenvalue weighted by atomic mass is 16.2. The number of carbonyl (C=O) groups is 2. The van der Waals surface area contributed by atoms with Crippen LogP contribution in [0.4, 0.5) is 5.69 Å². The van der Waals surface area contributed by atoms with E-state index in [2.05, 4.69) is 5.32 Å². The molecule has 0 spiro atoms. The maximum Gasteiger partial charge on any atom is 0.253 e. The van der Waals surface area contributed by atoms with Gasteiger partial charge in [0.25, 0.3) is 5.91 Å². The van der Waals surface area contributed by atoms with Gasteiger partial charge in [-0.25, -0.2) is 0 Å². The Balaban J connectivity index is 1.77. The van der Waals surface area contributed by atoms with Crippen molar-refractivity contribution in [1.29, 1.82) is 0 Å². The lowest BCUT2D eigenvalue weighted by atomic mass is 9.99. The third-order valence-corrected chi connectivity index (χ3v) is 4.07. The zero-order chi connectivity index (χ0) is 14.1. The molecule has 2 aliphatic rings. The molecular weight excluding hydrogens is 254 g/mol.